The Morgan fingerprint density at radius 2 is 1.83 bits per heavy atom. The number of hydrogen-bond acceptors (Lipinski definition) is 10. The van der Waals surface area contributed by atoms with Crippen LogP contribution in [0.4, 0.5) is 10.5 Å². The second-order valence-corrected chi connectivity index (χ2v) is 9.74. The Labute approximate surface area is 246 Å². The number of ether oxygens (including phenoxy) is 5. The number of aliphatic hydroxyl groups is 1. The monoisotopic (exact) mass is 599 g/mol. The Balaban J connectivity index is 3.12. The van der Waals surface area contributed by atoms with Crippen LogP contribution in [0.15, 0.2) is 35.9 Å². The van der Waals surface area contributed by atoms with Crippen molar-refractivity contribution in [3.8, 4) is 5.75 Å². The maximum atomic E-state index is 12.4. The smallest absolute Gasteiger partial charge is 0.411 e. The van der Waals surface area contributed by atoms with E-state index in [0.29, 0.717) is 23.6 Å². The fourth-order valence-corrected chi connectivity index (χ4v) is 3.82. The lowest BCUT2D eigenvalue weighted by Crippen LogP contribution is -2.60. The molecule has 0 aliphatic heterocycles. The number of esters is 1. The topological polar surface area (TPSA) is 145 Å². The van der Waals surface area contributed by atoms with E-state index in [9.17, 15) is 19.5 Å². The zero-order chi connectivity index (χ0) is 31.3. The number of carbonyl (C=O) groups excluding carboxylic acids is 3. The van der Waals surface area contributed by atoms with E-state index in [1.807, 2.05) is 25.1 Å². The highest BCUT2D eigenvalue weighted by molar-refractivity contribution is 6.34. The maximum Gasteiger partial charge on any atom is 0.411 e. The number of alkyl carbamates (subject to hydrolysis) is 1. The van der Waals surface area contributed by atoms with Gasteiger partial charge in [0.2, 0.25) is 6.41 Å². The Morgan fingerprint density at radius 1 is 1.17 bits per heavy atom. The number of halogens is 1. The van der Waals surface area contributed by atoms with Crippen molar-refractivity contribution in [1.82, 2.24) is 10.2 Å². The van der Waals surface area contributed by atoms with Crippen molar-refractivity contribution < 1.29 is 43.2 Å². The van der Waals surface area contributed by atoms with Crippen molar-refractivity contribution in [2.45, 2.75) is 64.4 Å². The number of allylic oxidation sites excluding steroid dienone is 3. The van der Waals surface area contributed by atoms with E-state index >= 15 is 0 Å². The number of nitrogens with zero attached hydrogens (tertiary/aromatic N) is 1. The van der Waals surface area contributed by atoms with Gasteiger partial charge in [-0.3, -0.25) is 10.1 Å². The van der Waals surface area contributed by atoms with Crippen LogP contribution in [0.1, 0.15) is 33.3 Å². The minimum absolute atomic E-state index is 0.488. The van der Waals surface area contributed by atoms with Crippen LogP contribution in [-0.4, -0.2) is 94.2 Å². The van der Waals surface area contributed by atoms with Crippen LogP contribution in [-0.2, 0) is 35.0 Å². The van der Waals surface area contributed by atoms with Gasteiger partial charge in [-0.2, -0.15) is 0 Å². The van der Waals surface area contributed by atoms with E-state index in [-0.39, 0.29) is 0 Å². The van der Waals surface area contributed by atoms with E-state index < -0.39 is 42.3 Å². The molecule has 1 aromatic carbocycles. The van der Waals surface area contributed by atoms with Crippen molar-refractivity contribution in [2.24, 2.45) is 0 Å². The van der Waals surface area contributed by atoms with Crippen LogP contribution >= 0.6 is 11.6 Å². The van der Waals surface area contributed by atoms with Crippen molar-refractivity contribution in [3.63, 3.8) is 0 Å². The van der Waals surface area contributed by atoms with E-state index in [1.54, 1.807) is 27.2 Å². The normalized spacial score (nSPS) is 16.1. The zero-order valence-corrected chi connectivity index (χ0v) is 25.8. The van der Waals surface area contributed by atoms with Crippen molar-refractivity contribution in [1.29, 1.82) is 0 Å². The second kappa shape index (κ2) is 16.8. The standard InChI is InChI=1S/C28H42ClN3O9/c1-17(13-21-14-22(30-5)25(29)23(15-21)37-7)11-10-12-24(38-8)28(36,31-27(35)39-9)41-20(4)19(3)40-26(34)18(2)32(6)16-33/h10-12,14-16,18-20,24,30,36H,13H2,1-9H3,(H,31,35)/b12-10+,17-11+/t18?,19?,20-,24?,28?/m1/s1. The van der Waals surface area contributed by atoms with Crippen molar-refractivity contribution in [2.75, 3.05) is 40.7 Å². The number of rotatable bonds is 16. The number of likely N-dealkylation sites (N-methyl/N-ethyl adjacent to an activating group) is 1. The average Bonchev–Trinajstić information content (AvgIpc) is 2.94. The third-order valence-corrected chi connectivity index (χ3v) is 6.68. The molecule has 0 aliphatic rings. The molecule has 230 valence electrons. The lowest BCUT2D eigenvalue weighted by Gasteiger charge is -2.37. The zero-order valence-electron chi connectivity index (χ0n) is 25.0. The molecule has 5 atom stereocenters. The second-order valence-electron chi connectivity index (χ2n) is 9.37. The van der Waals surface area contributed by atoms with Crippen LogP contribution in [0.2, 0.25) is 5.02 Å². The molecule has 2 amide bonds. The van der Waals surface area contributed by atoms with Crippen LogP contribution < -0.4 is 15.4 Å². The molecule has 13 heteroatoms. The highest BCUT2D eigenvalue weighted by Crippen LogP contribution is 2.34. The van der Waals surface area contributed by atoms with Gasteiger partial charge in [-0.05, 0) is 57.9 Å². The number of amides is 2. The van der Waals surface area contributed by atoms with Gasteiger partial charge in [-0.15, -0.1) is 0 Å². The van der Waals surface area contributed by atoms with Crippen LogP contribution in [0.25, 0.3) is 0 Å². The Bertz CT molecular complexity index is 1070. The molecule has 0 aliphatic carbocycles. The van der Waals surface area contributed by atoms with Gasteiger partial charge in [0, 0.05) is 21.2 Å². The first-order valence-corrected chi connectivity index (χ1v) is 13.2. The van der Waals surface area contributed by atoms with Gasteiger partial charge in [-0.25, -0.2) is 9.59 Å². The maximum absolute atomic E-state index is 12.4. The van der Waals surface area contributed by atoms with Crippen molar-refractivity contribution in [3.05, 3.63) is 46.5 Å². The van der Waals surface area contributed by atoms with E-state index in [4.69, 9.17) is 30.5 Å². The van der Waals surface area contributed by atoms with E-state index in [1.165, 1.54) is 34.1 Å². The first kappa shape index (κ1) is 35.7. The highest BCUT2D eigenvalue weighted by Gasteiger charge is 2.42. The first-order valence-electron chi connectivity index (χ1n) is 12.8. The van der Waals surface area contributed by atoms with Gasteiger partial charge >= 0.3 is 12.1 Å². The molecule has 0 spiro atoms. The third-order valence-electron chi connectivity index (χ3n) is 6.29. The summed E-state index contributed by atoms with van der Waals surface area (Å²) >= 11 is 6.31. The summed E-state index contributed by atoms with van der Waals surface area (Å²) in [4.78, 5) is 36.6. The van der Waals surface area contributed by atoms with Crippen LogP contribution in [0.3, 0.4) is 0 Å². The summed E-state index contributed by atoms with van der Waals surface area (Å²) in [6, 6.07) is 2.93. The van der Waals surface area contributed by atoms with Gasteiger partial charge in [0.25, 0.3) is 5.91 Å². The van der Waals surface area contributed by atoms with E-state index in [0.717, 1.165) is 28.8 Å². The molecule has 0 radical (unpaired) electrons. The summed E-state index contributed by atoms with van der Waals surface area (Å²) in [7, 11) is 7.21. The predicted molar refractivity (Wildman–Crippen MR) is 155 cm³/mol. The largest absolute Gasteiger partial charge is 0.495 e. The molecule has 0 fully saturated rings. The molecular weight excluding hydrogens is 558 g/mol. The Hall–Kier alpha value is -3.32. The molecule has 41 heavy (non-hydrogen) atoms. The molecule has 12 nitrogen and oxygen atoms in total. The average molecular weight is 600 g/mol. The fourth-order valence-electron chi connectivity index (χ4n) is 3.54. The molecular formula is C28H42ClN3O9. The van der Waals surface area contributed by atoms with Crippen LogP contribution in [0.5, 0.6) is 5.75 Å². The molecule has 4 unspecified atom stereocenters. The summed E-state index contributed by atoms with van der Waals surface area (Å²) in [6.45, 7) is 6.51. The number of carbonyl (C=O) groups is 3. The lowest BCUT2D eigenvalue weighted by atomic mass is 10.0. The summed E-state index contributed by atoms with van der Waals surface area (Å²) in [5.41, 5.74) is 2.65. The summed E-state index contributed by atoms with van der Waals surface area (Å²) in [5, 5.41) is 17.1. The highest BCUT2D eigenvalue weighted by atomic mass is 35.5. The molecule has 0 heterocycles. The molecule has 0 aromatic heterocycles. The van der Waals surface area contributed by atoms with E-state index in [2.05, 4.69) is 15.4 Å². The number of hydrogen-bond donors (Lipinski definition) is 3. The summed E-state index contributed by atoms with van der Waals surface area (Å²) in [6.07, 6.45) is 2.03. The molecule has 1 aromatic rings. The molecule has 1 rings (SSSR count). The minimum atomic E-state index is -2.41. The number of nitrogens with one attached hydrogen (secondary N) is 2. The fraction of sp³-hybridized carbons (Fsp3) is 0.536. The minimum Gasteiger partial charge on any atom is -0.495 e. The summed E-state index contributed by atoms with van der Waals surface area (Å²) in [5.74, 6) is -2.53. The predicted octanol–water partition coefficient (Wildman–Crippen LogP) is 3.27. The van der Waals surface area contributed by atoms with Crippen molar-refractivity contribution >= 4 is 35.8 Å². The number of methoxy groups -OCH3 is 3. The first-order chi connectivity index (χ1) is 19.3. The lowest BCUT2D eigenvalue weighted by molar-refractivity contribution is -0.291. The molecule has 0 saturated carbocycles. The molecule has 0 bridgehead atoms. The Kier molecular flexibility index (Phi) is 14.7. The molecule has 0 saturated heterocycles. The SMILES string of the molecule is CNc1cc(C/C(C)=C/C=C/C(OC)C(O)(NC(=O)OC)O[C@H](C)C(C)OC(=O)C(C)N(C)C=O)cc(OC)c1Cl. The summed E-state index contributed by atoms with van der Waals surface area (Å²) < 4.78 is 26.6. The van der Waals surface area contributed by atoms with Crippen LogP contribution in [0, 0.1) is 0 Å². The van der Waals surface area contributed by atoms with Gasteiger partial charge < -0.3 is 39.0 Å². The quantitative estimate of drug-likeness (QED) is 0.112. The third kappa shape index (κ3) is 10.5. The number of benzene rings is 1. The molecule has 3 N–H and O–H groups in total. The van der Waals surface area contributed by atoms with Gasteiger partial charge in [-0.1, -0.05) is 29.3 Å². The number of anilines is 1. The van der Waals surface area contributed by atoms with Gasteiger partial charge in [0.05, 0.1) is 26.0 Å². The van der Waals surface area contributed by atoms with Gasteiger partial charge in [0.15, 0.2) is 6.10 Å². The Morgan fingerprint density at radius 3 is 2.37 bits per heavy atom. The van der Waals surface area contributed by atoms with Gasteiger partial charge in [0.1, 0.15) is 22.9 Å².